The van der Waals surface area contributed by atoms with Crippen LogP contribution in [0, 0.1) is 0 Å². The van der Waals surface area contributed by atoms with Crippen LogP contribution in [0.15, 0.2) is 72.9 Å². The van der Waals surface area contributed by atoms with Gasteiger partial charge in [0.05, 0.1) is 5.69 Å². The summed E-state index contributed by atoms with van der Waals surface area (Å²) in [6, 6.07) is 16.8. The number of rotatable bonds is 6. The van der Waals surface area contributed by atoms with Gasteiger partial charge < -0.3 is 5.11 Å². The van der Waals surface area contributed by atoms with Crippen LogP contribution in [0.3, 0.4) is 0 Å². The number of aliphatic hydroxyl groups is 1. The van der Waals surface area contributed by atoms with Gasteiger partial charge in [0.1, 0.15) is 0 Å². The van der Waals surface area contributed by atoms with Crippen molar-refractivity contribution in [1.82, 2.24) is 14.8 Å². The third-order valence-electron chi connectivity index (χ3n) is 6.39. The van der Waals surface area contributed by atoms with E-state index in [1.807, 2.05) is 30.3 Å². The predicted octanol–water partition coefficient (Wildman–Crippen LogP) is 5.38. The van der Waals surface area contributed by atoms with E-state index < -0.39 is 23.5 Å². The lowest BCUT2D eigenvalue weighted by atomic mass is 9.90. The van der Waals surface area contributed by atoms with Gasteiger partial charge in [0.2, 0.25) is 0 Å². The highest BCUT2D eigenvalue weighted by atomic mass is 19.4. The molecule has 0 amide bonds. The van der Waals surface area contributed by atoms with E-state index in [4.69, 9.17) is 0 Å². The highest BCUT2D eigenvalue weighted by Crippen LogP contribution is 2.50. The van der Waals surface area contributed by atoms with Crippen LogP contribution in [0.25, 0.3) is 11.1 Å². The molecule has 2 heterocycles. The second kappa shape index (κ2) is 10.2. The molecule has 10 heteroatoms. The molecule has 3 aromatic rings. The summed E-state index contributed by atoms with van der Waals surface area (Å²) in [5.74, 6) is 0. The quantitative estimate of drug-likeness (QED) is 0.453. The summed E-state index contributed by atoms with van der Waals surface area (Å²) in [5.41, 5.74) is -3.02. The molecule has 2 aromatic carbocycles. The van der Waals surface area contributed by atoms with Gasteiger partial charge in [-0.1, -0.05) is 54.6 Å². The van der Waals surface area contributed by atoms with Gasteiger partial charge in [-0.15, -0.1) is 0 Å². The van der Waals surface area contributed by atoms with Crippen LogP contribution in [-0.2, 0) is 18.7 Å². The maximum absolute atomic E-state index is 13.1. The van der Waals surface area contributed by atoms with Crippen LogP contribution >= 0.6 is 0 Å². The minimum absolute atomic E-state index is 0.445. The Kier molecular flexibility index (Phi) is 7.40. The first kappa shape index (κ1) is 26.1. The van der Waals surface area contributed by atoms with Gasteiger partial charge in [0.15, 0.2) is 0 Å². The zero-order valence-corrected chi connectivity index (χ0v) is 19.2. The molecule has 36 heavy (non-hydrogen) atoms. The first-order chi connectivity index (χ1) is 17.0. The molecule has 1 aliphatic rings. The Bertz CT molecular complexity index is 1110. The van der Waals surface area contributed by atoms with E-state index in [0.29, 0.717) is 23.3 Å². The van der Waals surface area contributed by atoms with E-state index in [-0.39, 0.29) is 0 Å². The van der Waals surface area contributed by atoms with E-state index >= 15 is 0 Å². The number of aromatic nitrogens is 1. The SMILES string of the molecule is OC(c1ccc(-c2ccc(CN3CCN(Cc4ccccn4)CC3)cc2)cc1)(C(F)(F)F)C(F)(F)F. The Morgan fingerprint density at radius 1 is 0.667 bits per heavy atom. The van der Waals surface area contributed by atoms with Gasteiger partial charge in [0, 0.05) is 51.0 Å². The summed E-state index contributed by atoms with van der Waals surface area (Å²) < 4.78 is 78.5. The number of hydrogen-bond donors (Lipinski definition) is 1. The smallest absolute Gasteiger partial charge is 0.369 e. The number of hydrogen-bond acceptors (Lipinski definition) is 4. The molecule has 1 saturated heterocycles. The van der Waals surface area contributed by atoms with Crippen LogP contribution < -0.4 is 0 Å². The van der Waals surface area contributed by atoms with Crippen molar-refractivity contribution in [3.8, 4) is 11.1 Å². The second-order valence-corrected chi connectivity index (χ2v) is 8.85. The largest absolute Gasteiger partial charge is 0.430 e. The average Bonchev–Trinajstić information content (AvgIpc) is 2.85. The molecule has 192 valence electrons. The first-order valence-corrected chi connectivity index (χ1v) is 11.4. The van der Waals surface area contributed by atoms with Crippen molar-refractivity contribution in [2.24, 2.45) is 0 Å². The summed E-state index contributed by atoms with van der Waals surface area (Å²) in [6.07, 6.45) is -10.0. The molecule has 1 aliphatic heterocycles. The lowest BCUT2D eigenvalue weighted by molar-refractivity contribution is -0.376. The summed E-state index contributed by atoms with van der Waals surface area (Å²) in [5, 5.41) is 9.54. The fourth-order valence-corrected chi connectivity index (χ4v) is 4.28. The highest BCUT2D eigenvalue weighted by Gasteiger charge is 2.71. The van der Waals surface area contributed by atoms with E-state index in [1.165, 1.54) is 0 Å². The summed E-state index contributed by atoms with van der Waals surface area (Å²) in [6.45, 7) is 5.19. The molecular formula is C26H25F6N3O. The van der Waals surface area contributed by atoms with Gasteiger partial charge in [-0.05, 0) is 28.8 Å². The Hall–Kier alpha value is -2.95. The predicted molar refractivity (Wildman–Crippen MR) is 123 cm³/mol. The second-order valence-electron chi connectivity index (χ2n) is 8.85. The van der Waals surface area contributed by atoms with Crippen molar-refractivity contribution < 1.29 is 31.4 Å². The van der Waals surface area contributed by atoms with Crippen LogP contribution in [0.1, 0.15) is 16.8 Å². The maximum Gasteiger partial charge on any atom is 0.430 e. The molecule has 4 rings (SSSR count). The molecule has 0 aliphatic carbocycles. The summed E-state index contributed by atoms with van der Waals surface area (Å²) in [4.78, 5) is 9.04. The fraction of sp³-hybridized carbons (Fsp3) is 0.346. The van der Waals surface area contributed by atoms with E-state index in [1.54, 1.807) is 18.3 Å². The Morgan fingerprint density at radius 3 is 1.64 bits per heavy atom. The Labute approximate surface area is 204 Å². The van der Waals surface area contributed by atoms with Crippen LogP contribution in [0.4, 0.5) is 26.3 Å². The van der Waals surface area contributed by atoms with Crippen LogP contribution in [0.2, 0.25) is 0 Å². The summed E-state index contributed by atoms with van der Waals surface area (Å²) in [7, 11) is 0. The van der Waals surface area contributed by atoms with Crippen molar-refractivity contribution >= 4 is 0 Å². The van der Waals surface area contributed by atoms with Gasteiger partial charge in [-0.2, -0.15) is 26.3 Å². The number of benzene rings is 2. The number of alkyl halides is 6. The number of nitrogens with zero attached hydrogens (tertiary/aromatic N) is 3. The fourth-order valence-electron chi connectivity index (χ4n) is 4.28. The van der Waals surface area contributed by atoms with Crippen molar-refractivity contribution in [3.63, 3.8) is 0 Å². The third kappa shape index (κ3) is 5.55. The Balaban J connectivity index is 1.36. The van der Waals surface area contributed by atoms with Crippen molar-refractivity contribution in [2.75, 3.05) is 26.2 Å². The number of piperazine rings is 1. The molecule has 0 saturated carbocycles. The topological polar surface area (TPSA) is 39.6 Å². The lowest BCUT2D eigenvalue weighted by Crippen LogP contribution is -2.53. The first-order valence-electron chi connectivity index (χ1n) is 11.4. The van der Waals surface area contributed by atoms with Gasteiger partial charge in [-0.3, -0.25) is 14.8 Å². The van der Waals surface area contributed by atoms with E-state index in [9.17, 15) is 31.4 Å². The normalized spacial score (nSPS) is 16.3. The van der Waals surface area contributed by atoms with Gasteiger partial charge >= 0.3 is 12.4 Å². The van der Waals surface area contributed by atoms with Crippen molar-refractivity contribution in [2.45, 2.75) is 31.0 Å². The summed E-state index contributed by atoms with van der Waals surface area (Å²) >= 11 is 0. The lowest BCUT2D eigenvalue weighted by Gasteiger charge is -2.34. The minimum atomic E-state index is -5.90. The molecule has 0 bridgehead atoms. The monoisotopic (exact) mass is 509 g/mol. The Morgan fingerprint density at radius 2 is 1.17 bits per heavy atom. The molecule has 1 aromatic heterocycles. The highest BCUT2D eigenvalue weighted by molar-refractivity contribution is 5.64. The van der Waals surface area contributed by atoms with Crippen LogP contribution in [-0.4, -0.2) is 58.4 Å². The van der Waals surface area contributed by atoms with Crippen molar-refractivity contribution in [1.29, 1.82) is 0 Å². The molecule has 0 atom stereocenters. The standard InChI is InChI=1S/C26H25F6N3O/c27-25(28,29)24(36,26(30,31)32)22-10-8-21(9-11-22)20-6-4-19(5-7-20)17-34-13-15-35(16-14-34)18-23-3-1-2-12-33-23/h1-12,36H,13-18H2. The minimum Gasteiger partial charge on any atom is -0.369 e. The zero-order chi connectivity index (χ0) is 26.0. The molecule has 0 spiro atoms. The third-order valence-corrected chi connectivity index (χ3v) is 6.39. The molecule has 0 radical (unpaired) electrons. The van der Waals surface area contributed by atoms with E-state index in [0.717, 1.165) is 62.7 Å². The average molecular weight is 509 g/mol. The van der Waals surface area contributed by atoms with E-state index in [2.05, 4.69) is 14.8 Å². The number of halogens is 6. The molecule has 0 unspecified atom stereocenters. The molecule has 1 N–H and O–H groups in total. The zero-order valence-electron chi connectivity index (χ0n) is 19.2. The van der Waals surface area contributed by atoms with Crippen LogP contribution in [0.5, 0.6) is 0 Å². The molecule has 4 nitrogen and oxygen atoms in total. The maximum atomic E-state index is 13.1. The van der Waals surface area contributed by atoms with Crippen molar-refractivity contribution in [3.05, 3.63) is 89.7 Å². The molecular weight excluding hydrogens is 484 g/mol. The molecule has 1 fully saturated rings. The number of pyridine rings is 1. The van der Waals surface area contributed by atoms with Gasteiger partial charge in [-0.25, -0.2) is 0 Å². The van der Waals surface area contributed by atoms with Gasteiger partial charge in [0.25, 0.3) is 5.60 Å².